The summed E-state index contributed by atoms with van der Waals surface area (Å²) in [5.74, 6) is 1.22. The second-order valence-corrected chi connectivity index (χ2v) is 21.4. The quantitative estimate of drug-likeness (QED) is 0.120. The molecular weight excluding hydrogens is 1140 g/mol. The van der Waals surface area contributed by atoms with E-state index in [0.717, 1.165) is 12.8 Å². The normalized spacial score (nSPS) is 13.8. The summed E-state index contributed by atoms with van der Waals surface area (Å²) in [5.41, 5.74) is 11.3. The molecule has 392 valence electrons. The van der Waals surface area contributed by atoms with Crippen molar-refractivity contribution in [1.29, 1.82) is 0 Å². The van der Waals surface area contributed by atoms with Gasteiger partial charge in [-0.1, -0.05) is 165 Å². The SMILES string of the molecule is CCC1=[C-]C(CC)C=C1CC.CCC1=[C-]C(CC)C=C1CC.[Cl-].[Cl-].[Zr+2]=[C](c1ccccc1)c1ccccc1.[Zr+2]=[C](c1ccccc1)c1ccccc1.c1ccc2c(c1)[cH-]c1ccccc12.c1ccc2c(c1)[cH-]c1ccccc12. The molecule has 0 fully saturated rings. The molecule has 0 bridgehead atoms. The average molecular weight is 1210 g/mol. The van der Waals surface area contributed by atoms with Gasteiger partial charge in [0.05, 0.1) is 0 Å². The first kappa shape index (κ1) is 63.4. The maximum absolute atomic E-state index is 3.52. The first-order valence-corrected chi connectivity index (χ1v) is 29.9. The van der Waals surface area contributed by atoms with Crippen molar-refractivity contribution in [2.24, 2.45) is 11.8 Å². The van der Waals surface area contributed by atoms with Gasteiger partial charge < -0.3 is 24.8 Å². The van der Waals surface area contributed by atoms with Crippen LogP contribution in [0.2, 0.25) is 0 Å². The smallest absolute Gasteiger partial charge is 0.0771 e. The molecule has 2 unspecified atom stereocenters. The maximum Gasteiger partial charge on any atom is -0.0771 e. The summed E-state index contributed by atoms with van der Waals surface area (Å²) in [5, 5.41) is 10.8. The van der Waals surface area contributed by atoms with Crippen molar-refractivity contribution >= 4 is 49.5 Å². The van der Waals surface area contributed by atoms with Crippen LogP contribution in [0.3, 0.4) is 0 Å². The molecule has 10 aromatic rings. The van der Waals surface area contributed by atoms with Crippen molar-refractivity contribution < 1.29 is 73.3 Å². The van der Waals surface area contributed by atoms with E-state index in [-0.39, 0.29) is 24.8 Å². The van der Waals surface area contributed by atoms with Crippen molar-refractivity contribution in [2.45, 2.75) is 80.1 Å². The fourth-order valence-electron chi connectivity index (χ4n) is 9.72. The Bertz CT molecular complexity index is 3060. The summed E-state index contributed by atoms with van der Waals surface area (Å²) < 4.78 is 2.83. The minimum atomic E-state index is 0. The average Bonchev–Trinajstić information content (AvgIpc) is 4.36. The van der Waals surface area contributed by atoms with E-state index in [9.17, 15) is 0 Å². The summed E-state index contributed by atoms with van der Waals surface area (Å²) in [7, 11) is 0. The van der Waals surface area contributed by atoms with E-state index in [1.54, 1.807) is 0 Å². The largest absolute Gasteiger partial charge is 0.126 e. The van der Waals surface area contributed by atoms with Crippen LogP contribution in [0.5, 0.6) is 0 Å². The van der Waals surface area contributed by atoms with Gasteiger partial charge in [0, 0.05) is 0 Å². The topological polar surface area (TPSA) is 0 Å². The number of fused-ring (bicyclic) bond motifs is 6. The van der Waals surface area contributed by atoms with E-state index >= 15 is 0 Å². The monoisotopic (exact) mass is 1210 g/mol. The van der Waals surface area contributed by atoms with Crippen molar-refractivity contribution in [1.82, 2.24) is 0 Å². The third-order valence-corrected chi connectivity index (χ3v) is 16.8. The first-order valence-electron chi connectivity index (χ1n) is 27.4. The Morgan fingerprint density at radius 3 is 0.769 bits per heavy atom. The number of rotatable bonds is 10. The molecule has 0 saturated heterocycles. The first-order chi connectivity index (χ1) is 37.3. The Kier molecular flexibility index (Phi) is 27.5. The molecule has 2 aliphatic carbocycles. The third-order valence-electron chi connectivity index (χ3n) is 13.9. The number of hydrogen-bond acceptors (Lipinski definition) is 0. The van der Waals surface area contributed by atoms with Gasteiger partial charge in [-0.05, 0) is 0 Å². The molecule has 0 aromatic heterocycles. The van der Waals surface area contributed by atoms with Gasteiger partial charge in [0.2, 0.25) is 0 Å². The molecule has 0 amide bonds. The zero-order chi connectivity index (χ0) is 53.5. The van der Waals surface area contributed by atoms with Gasteiger partial charge in [0.1, 0.15) is 0 Å². The Balaban J connectivity index is 0.000000172. The van der Waals surface area contributed by atoms with Gasteiger partial charge in [0.25, 0.3) is 0 Å². The third kappa shape index (κ3) is 17.8. The number of halogens is 2. The van der Waals surface area contributed by atoms with Gasteiger partial charge in [-0.2, -0.15) is 23.3 Å². The van der Waals surface area contributed by atoms with Gasteiger partial charge in [0.15, 0.2) is 0 Å². The van der Waals surface area contributed by atoms with E-state index < -0.39 is 0 Å². The summed E-state index contributed by atoms with van der Waals surface area (Å²) >= 11 is 2.92. The second kappa shape index (κ2) is 33.9. The van der Waals surface area contributed by atoms with Gasteiger partial charge in [-0.15, -0.1) is 79.5 Å². The molecule has 4 heteroatoms. The van der Waals surface area contributed by atoms with E-state index in [1.165, 1.54) is 168 Å². The predicted molar refractivity (Wildman–Crippen MR) is 325 cm³/mol. The summed E-state index contributed by atoms with van der Waals surface area (Å²) in [4.78, 5) is 0. The van der Waals surface area contributed by atoms with Crippen LogP contribution in [-0.4, -0.2) is 6.41 Å². The molecule has 0 N–H and O–H groups in total. The summed E-state index contributed by atoms with van der Waals surface area (Å²) in [6.07, 6.45) is 18.8. The Morgan fingerprint density at radius 1 is 0.333 bits per heavy atom. The van der Waals surface area contributed by atoms with Crippen molar-refractivity contribution in [2.75, 3.05) is 0 Å². The predicted octanol–water partition coefficient (Wildman–Crippen LogP) is 14.0. The van der Waals surface area contributed by atoms with Crippen LogP contribution in [0.4, 0.5) is 0 Å². The van der Waals surface area contributed by atoms with Gasteiger partial charge in [-0.3, -0.25) is 12.2 Å². The number of allylic oxidation sites excluding steroid dienone is 8. The van der Waals surface area contributed by atoms with Crippen LogP contribution in [0.25, 0.3) is 43.1 Å². The van der Waals surface area contributed by atoms with Crippen molar-refractivity contribution in [3.05, 3.63) is 299 Å². The minimum Gasteiger partial charge on any atom is -0.126 e. The molecule has 0 spiro atoms. The second-order valence-electron chi connectivity index (χ2n) is 18.9. The van der Waals surface area contributed by atoms with E-state index in [4.69, 9.17) is 0 Å². The summed E-state index contributed by atoms with van der Waals surface area (Å²) in [6.45, 7) is 13.3. The molecule has 0 aliphatic heterocycles. The molecule has 0 radical (unpaired) electrons. The fraction of sp³-hybridized carbons (Fsp3) is 0.189. The Hall–Kier alpha value is -5.45. The van der Waals surface area contributed by atoms with E-state index in [0.29, 0.717) is 11.8 Å². The fourth-order valence-corrected chi connectivity index (χ4v) is 11.4. The molecule has 2 atom stereocenters. The van der Waals surface area contributed by atoms with Crippen LogP contribution in [0.15, 0.2) is 265 Å². The van der Waals surface area contributed by atoms with Crippen LogP contribution in [0.1, 0.15) is 102 Å². The van der Waals surface area contributed by atoms with E-state index in [1.807, 2.05) is 0 Å². The Morgan fingerprint density at radius 2 is 0.564 bits per heavy atom. The molecule has 12 rings (SSSR count). The zero-order valence-corrected chi connectivity index (χ0v) is 52.7. The van der Waals surface area contributed by atoms with Crippen LogP contribution < -0.4 is 24.8 Å². The summed E-state index contributed by atoms with van der Waals surface area (Å²) in [6, 6.07) is 80.8. The molecule has 0 heterocycles. The zero-order valence-electron chi connectivity index (χ0n) is 46.2. The van der Waals surface area contributed by atoms with Gasteiger partial charge in [-0.25, -0.2) is 11.1 Å². The van der Waals surface area contributed by atoms with E-state index in [2.05, 4.69) is 296 Å². The molecule has 78 heavy (non-hydrogen) atoms. The molecule has 0 saturated carbocycles. The molecule has 10 aromatic carbocycles. The van der Waals surface area contributed by atoms with Crippen molar-refractivity contribution in [3.63, 3.8) is 0 Å². The molecule has 2 aliphatic rings. The molecular formula is C74H72Cl2Zr2-2. The number of benzene rings is 8. The van der Waals surface area contributed by atoms with Crippen molar-refractivity contribution in [3.8, 4) is 0 Å². The van der Waals surface area contributed by atoms with Crippen LogP contribution in [0, 0.1) is 24.0 Å². The molecule has 0 nitrogen and oxygen atoms in total. The standard InChI is InChI=1S/2C13H9.2C13H10.2C11H17.2ClH.2Zr/c2*1-3-7-12-10(5-1)9-11-6-2-4-8-13(11)12;2*1-3-7-12(8-4-1)11-13-9-5-2-6-10-13;2*1-4-9-7-10(5-2)11(6-3)8-9;;;;/h2*1-9H;2*1-10H;2*7,9H,4-6H2,1-3H3;2*1H;;/q2*-1;;;2*-1;;;2*+2/p-2. The number of hydrogen-bond donors (Lipinski definition) is 0. The minimum absolute atomic E-state index is 0. The van der Waals surface area contributed by atoms with Crippen LogP contribution >= 0.6 is 0 Å². The van der Waals surface area contributed by atoms with Crippen LogP contribution in [-0.2, 0) is 48.5 Å². The maximum atomic E-state index is 3.52. The van der Waals surface area contributed by atoms with Gasteiger partial charge >= 0.3 is 198 Å². The Labute approximate surface area is 509 Å².